The van der Waals surface area contributed by atoms with Crippen molar-refractivity contribution in [2.24, 2.45) is 0 Å². The molecule has 1 atom stereocenters. The number of benzene rings is 1. The van der Waals surface area contributed by atoms with Crippen LogP contribution in [0.3, 0.4) is 0 Å². The van der Waals surface area contributed by atoms with Gasteiger partial charge in [0.25, 0.3) is 5.56 Å². The topological polar surface area (TPSA) is 108 Å². The van der Waals surface area contributed by atoms with E-state index in [0.717, 1.165) is 5.69 Å². The number of hydrogen-bond donors (Lipinski definition) is 1. The Hall–Kier alpha value is -3.40. The minimum atomic E-state index is -0.285. The molecular formula is C19H16N6O3S. The summed E-state index contributed by atoms with van der Waals surface area (Å²) in [6.45, 7) is 1.75. The molecule has 5 rings (SSSR count). The number of aryl methyl sites for hydroxylation is 1. The third kappa shape index (κ3) is 3.11. The van der Waals surface area contributed by atoms with Gasteiger partial charge in [0.1, 0.15) is 11.1 Å². The Morgan fingerprint density at radius 1 is 1.34 bits per heavy atom. The van der Waals surface area contributed by atoms with Crippen LogP contribution in [0.1, 0.15) is 18.2 Å². The second-order valence-corrected chi connectivity index (χ2v) is 7.73. The molecule has 0 saturated carbocycles. The quantitative estimate of drug-likeness (QED) is 0.517. The Labute approximate surface area is 168 Å². The van der Waals surface area contributed by atoms with Gasteiger partial charge in [0.15, 0.2) is 16.6 Å². The zero-order valence-corrected chi connectivity index (χ0v) is 16.2. The summed E-state index contributed by atoms with van der Waals surface area (Å²) in [6.07, 6.45) is 1.68. The van der Waals surface area contributed by atoms with Crippen LogP contribution in [-0.4, -0.2) is 36.1 Å². The van der Waals surface area contributed by atoms with Crippen molar-refractivity contribution in [2.75, 3.05) is 11.1 Å². The van der Waals surface area contributed by atoms with Crippen LogP contribution in [0.15, 0.2) is 57.1 Å². The van der Waals surface area contributed by atoms with Gasteiger partial charge in [0, 0.05) is 18.2 Å². The molecule has 4 heterocycles. The molecule has 0 unspecified atom stereocenters. The summed E-state index contributed by atoms with van der Waals surface area (Å²) in [5.74, 6) is 1.34. The number of hydrogen-bond acceptors (Lipinski definition) is 7. The highest BCUT2D eigenvalue weighted by Crippen LogP contribution is 2.33. The molecule has 0 aliphatic carbocycles. The third-order valence-corrected chi connectivity index (χ3v) is 5.79. The minimum Gasteiger partial charge on any atom is -0.360 e. The molecule has 4 aromatic rings. The van der Waals surface area contributed by atoms with E-state index in [1.54, 1.807) is 22.2 Å². The van der Waals surface area contributed by atoms with Crippen LogP contribution in [-0.2, 0) is 4.79 Å². The van der Waals surface area contributed by atoms with E-state index in [2.05, 4.69) is 20.6 Å². The Morgan fingerprint density at radius 3 is 2.93 bits per heavy atom. The van der Waals surface area contributed by atoms with Crippen molar-refractivity contribution in [3.8, 4) is 5.69 Å². The van der Waals surface area contributed by atoms with Crippen LogP contribution in [0.4, 0.5) is 5.82 Å². The molecule has 1 N–H and O–H groups in total. The average molecular weight is 408 g/mol. The monoisotopic (exact) mass is 408 g/mol. The number of rotatable bonds is 4. The van der Waals surface area contributed by atoms with Crippen molar-refractivity contribution in [1.82, 2.24) is 24.5 Å². The lowest BCUT2D eigenvalue weighted by Gasteiger charge is -2.12. The van der Waals surface area contributed by atoms with Crippen molar-refractivity contribution >= 4 is 34.5 Å². The number of para-hydroxylation sites is 1. The number of fused-ring (bicyclic) bond motifs is 2. The Kier molecular flexibility index (Phi) is 4.20. The average Bonchev–Trinajstić information content (AvgIpc) is 3.42. The van der Waals surface area contributed by atoms with Gasteiger partial charge in [-0.2, -0.15) is 5.10 Å². The molecule has 0 spiro atoms. The maximum absolute atomic E-state index is 13.1. The number of thioether (sulfide) groups is 1. The van der Waals surface area contributed by atoms with Gasteiger partial charge in [-0.3, -0.25) is 14.2 Å². The highest BCUT2D eigenvalue weighted by molar-refractivity contribution is 7.99. The zero-order valence-electron chi connectivity index (χ0n) is 15.4. The van der Waals surface area contributed by atoms with Gasteiger partial charge in [-0.15, -0.1) is 0 Å². The number of carbonyl (C=O) groups is 1. The fourth-order valence-corrected chi connectivity index (χ4v) is 4.50. The summed E-state index contributed by atoms with van der Waals surface area (Å²) in [5, 5.41) is 11.8. The lowest BCUT2D eigenvalue weighted by atomic mass is 10.2. The Morgan fingerprint density at radius 2 is 2.17 bits per heavy atom. The first-order valence-corrected chi connectivity index (χ1v) is 10.0. The van der Waals surface area contributed by atoms with Crippen LogP contribution in [0.5, 0.6) is 0 Å². The van der Waals surface area contributed by atoms with Crippen molar-refractivity contribution in [2.45, 2.75) is 24.5 Å². The normalized spacial score (nSPS) is 15.6. The van der Waals surface area contributed by atoms with Gasteiger partial charge in [0.2, 0.25) is 5.91 Å². The van der Waals surface area contributed by atoms with E-state index in [0.29, 0.717) is 33.5 Å². The smallest absolute Gasteiger partial charge is 0.265 e. The van der Waals surface area contributed by atoms with E-state index in [4.69, 9.17) is 4.52 Å². The van der Waals surface area contributed by atoms with Crippen molar-refractivity contribution in [3.05, 3.63) is 58.7 Å². The molecule has 0 bridgehead atoms. The zero-order chi connectivity index (χ0) is 20.0. The molecule has 0 radical (unpaired) electrons. The number of carbonyl (C=O) groups excluding carboxylic acids is 1. The van der Waals surface area contributed by atoms with E-state index >= 15 is 0 Å². The maximum Gasteiger partial charge on any atom is 0.265 e. The van der Waals surface area contributed by atoms with Crippen LogP contribution in [0.25, 0.3) is 16.7 Å². The number of nitrogens with one attached hydrogen (secondary N) is 1. The summed E-state index contributed by atoms with van der Waals surface area (Å²) in [6, 6.07) is 10.9. The van der Waals surface area contributed by atoms with Crippen LogP contribution in [0, 0.1) is 6.92 Å². The van der Waals surface area contributed by atoms with Crippen molar-refractivity contribution in [1.29, 1.82) is 0 Å². The molecule has 0 fully saturated rings. The van der Waals surface area contributed by atoms with Gasteiger partial charge in [0.05, 0.1) is 17.9 Å². The standard InChI is InChI=1S/C19H16N6O3S/c1-11-7-15(23-28-11)21-16(26)8-13-10-29-19-22-17-14(18(27)24(13)19)9-20-25(17)12-5-3-2-4-6-12/h2-7,9,13H,8,10H2,1H3,(H,21,23,26)/t13-/m1/s1. The summed E-state index contributed by atoms with van der Waals surface area (Å²) >= 11 is 1.46. The summed E-state index contributed by atoms with van der Waals surface area (Å²) in [7, 11) is 0. The van der Waals surface area contributed by atoms with E-state index in [1.165, 1.54) is 18.0 Å². The number of nitrogens with zero attached hydrogens (tertiary/aromatic N) is 5. The first-order valence-electron chi connectivity index (χ1n) is 9.02. The second-order valence-electron chi connectivity index (χ2n) is 6.74. The molecule has 10 heteroatoms. The lowest BCUT2D eigenvalue weighted by Crippen LogP contribution is -2.27. The molecule has 0 saturated heterocycles. The molecule has 146 valence electrons. The second kappa shape index (κ2) is 6.89. The van der Waals surface area contributed by atoms with Gasteiger partial charge in [-0.1, -0.05) is 35.1 Å². The molecule has 9 nitrogen and oxygen atoms in total. The van der Waals surface area contributed by atoms with E-state index in [1.807, 2.05) is 30.3 Å². The van der Waals surface area contributed by atoms with Gasteiger partial charge < -0.3 is 9.84 Å². The first kappa shape index (κ1) is 17.7. The Balaban J connectivity index is 1.46. The molecule has 1 aromatic carbocycles. The number of amides is 1. The fourth-order valence-electron chi connectivity index (χ4n) is 3.37. The third-order valence-electron chi connectivity index (χ3n) is 4.69. The van der Waals surface area contributed by atoms with Gasteiger partial charge in [-0.25, -0.2) is 9.67 Å². The molecular weight excluding hydrogens is 392 g/mol. The molecule has 29 heavy (non-hydrogen) atoms. The highest BCUT2D eigenvalue weighted by Gasteiger charge is 2.29. The highest BCUT2D eigenvalue weighted by atomic mass is 32.2. The largest absolute Gasteiger partial charge is 0.360 e. The number of anilines is 1. The maximum atomic E-state index is 13.1. The van der Waals surface area contributed by atoms with Crippen LogP contribution >= 0.6 is 11.8 Å². The first-order chi connectivity index (χ1) is 14.1. The molecule has 1 aliphatic heterocycles. The van der Waals surface area contributed by atoms with Crippen LogP contribution < -0.4 is 10.9 Å². The predicted octanol–water partition coefficient (Wildman–Crippen LogP) is 2.55. The van der Waals surface area contributed by atoms with Gasteiger partial charge in [-0.05, 0) is 19.1 Å². The minimum absolute atomic E-state index is 0.145. The molecule has 1 aliphatic rings. The van der Waals surface area contributed by atoms with E-state index in [-0.39, 0.29) is 23.9 Å². The summed E-state index contributed by atoms with van der Waals surface area (Å²) in [5.41, 5.74) is 1.16. The summed E-state index contributed by atoms with van der Waals surface area (Å²) < 4.78 is 8.21. The lowest BCUT2D eigenvalue weighted by molar-refractivity contribution is -0.116. The van der Waals surface area contributed by atoms with Gasteiger partial charge >= 0.3 is 0 Å². The molecule has 1 amide bonds. The van der Waals surface area contributed by atoms with Crippen LogP contribution in [0.2, 0.25) is 0 Å². The van der Waals surface area contributed by atoms with Crippen molar-refractivity contribution in [3.63, 3.8) is 0 Å². The fraction of sp³-hybridized carbons (Fsp3) is 0.211. The van der Waals surface area contributed by atoms with Crippen molar-refractivity contribution < 1.29 is 9.32 Å². The van der Waals surface area contributed by atoms with E-state index < -0.39 is 0 Å². The number of aromatic nitrogens is 5. The molecule has 3 aromatic heterocycles. The predicted molar refractivity (Wildman–Crippen MR) is 107 cm³/mol. The SMILES string of the molecule is Cc1cc(NC(=O)C[C@@H]2CSc3nc4c(cnn4-c4ccccc4)c(=O)n32)no1. The summed E-state index contributed by atoms with van der Waals surface area (Å²) in [4.78, 5) is 30.2. The Bertz CT molecular complexity index is 1280. The van der Waals surface area contributed by atoms with E-state index in [9.17, 15) is 9.59 Å².